The Bertz CT molecular complexity index is 598. The minimum absolute atomic E-state index is 0.437. The van der Waals surface area contributed by atoms with E-state index in [1.54, 1.807) is 50.3 Å². The molecule has 2 aliphatic rings. The molecule has 6 heteroatoms. The van der Waals surface area contributed by atoms with Crippen molar-refractivity contribution in [1.82, 2.24) is 0 Å². The second-order valence-corrected chi connectivity index (χ2v) is 6.69. The zero-order chi connectivity index (χ0) is 17.4. The van der Waals surface area contributed by atoms with Gasteiger partial charge in [0.25, 0.3) is 0 Å². The third-order valence-electron chi connectivity index (χ3n) is 4.36. The molecule has 0 aromatic carbocycles. The van der Waals surface area contributed by atoms with Crippen LogP contribution in [0.15, 0.2) is 47.6 Å². The summed E-state index contributed by atoms with van der Waals surface area (Å²) in [4.78, 5) is 22.7. The van der Waals surface area contributed by atoms with E-state index < -0.39 is 34.9 Å². The number of aliphatic carboxylic acids is 2. The molecule has 23 heavy (non-hydrogen) atoms. The molecule has 0 spiro atoms. The van der Waals surface area contributed by atoms with Gasteiger partial charge >= 0.3 is 11.9 Å². The van der Waals surface area contributed by atoms with Gasteiger partial charge in [0, 0.05) is 11.1 Å². The Balaban J connectivity index is 2.23. The van der Waals surface area contributed by atoms with Gasteiger partial charge in [-0.15, -0.1) is 0 Å². The van der Waals surface area contributed by atoms with Crippen LogP contribution in [-0.2, 0) is 9.59 Å². The van der Waals surface area contributed by atoms with Crippen molar-refractivity contribution in [2.24, 2.45) is 23.3 Å². The average Bonchev–Trinajstić information content (AvgIpc) is 2.41. The first-order valence-corrected chi connectivity index (χ1v) is 7.36. The summed E-state index contributed by atoms with van der Waals surface area (Å²) in [5.74, 6) is -3.60. The molecule has 4 unspecified atom stereocenters. The Morgan fingerprint density at radius 3 is 1.61 bits per heavy atom. The molecule has 0 radical (unpaired) electrons. The molecule has 2 aliphatic carbocycles. The number of nitrogens with two attached hydrogens (primary N) is 2. The van der Waals surface area contributed by atoms with Crippen molar-refractivity contribution in [2.75, 3.05) is 0 Å². The molecule has 6 N–H and O–H groups in total. The van der Waals surface area contributed by atoms with E-state index in [-0.39, 0.29) is 0 Å². The van der Waals surface area contributed by atoms with Gasteiger partial charge in [0.15, 0.2) is 0 Å². The van der Waals surface area contributed by atoms with Gasteiger partial charge in [-0.1, -0.05) is 36.5 Å². The molecule has 0 fully saturated rings. The molecule has 0 bridgehead atoms. The number of hydrogen-bond donors (Lipinski definition) is 4. The molecular weight excluding hydrogens is 296 g/mol. The van der Waals surface area contributed by atoms with Crippen molar-refractivity contribution < 1.29 is 19.8 Å². The lowest BCUT2D eigenvalue weighted by molar-refractivity contribution is -0.142. The Hall–Kier alpha value is -2.18. The van der Waals surface area contributed by atoms with Crippen LogP contribution in [0.25, 0.3) is 0 Å². The largest absolute Gasteiger partial charge is 0.481 e. The van der Waals surface area contributed by atoms with Crippen LogP contribution in [0.4, 0.5) is 0 Å². The van der Waals surface area contributed by atoms with Crippen LogP contribution in [0, 0.1) is 11.8 Å². The fraction of sp³-hybridized carbons (Fsp3) is 0.412. The quantitative estimate of drug-likeness (QED) is 0.617. The maximum atomic E-state index is 11.4. The molecule has 6 nitrogen and oxygen atoms in total. The molecule has 0 amide bonds. The zero-order valence-corrected chi connectivity index (χ0v) is 13.2. The van der Waals surface area contributed by atoms with Crippen LogP contribution in [0.2, 0.25) is 0 Å². The molecule has 0 saturated carbocycles. The predicted octanol–water partition coefficient (Wildman–Crippen LogP) is 1.21. The topological polar surface area (TPSA) is 127 Å². The maximum absolute atomic E-state index is 11.4. The second-order valence-electron chi connectivity index (χ2n) is 6.69. The highest BCUT2D eigenvalue weighted by Crippen LogP contribution is 2.32. The Kier molecular flexibility index (Phi) is 4.32. The van der Waals surface area contributed by atoms with Gasteiger partial charge in [0.05, 0.1) is 11.8 Å². The van der Waals surface area contributed by atoms with Crippen LogP contribution < -0.4 is 11.5 Å². The van der Waals surface area contributed by atoms with Crippen LogP contribution in [0.3, 0.4) is 0 Å². The molecule has 0 aromatic heterocycles. The highest BCUT2D eigenvalue weighted by molar-refractivity contribution is 5.76. The van der Waals surface area contributed by atoms with E-state index >= 15 is 0 Å². The third-order valence-corrected chi connectivity index (χ3v) is 4.36. The summed E-state index contributed by atoms with van der Waals surface area (Å²) in [6, 6.07) is 0. The first kappa shape index (κ1) is 17.2. The van der Waals surface area contributed by atoms with Gasteiger partial charge in [0.2, 0.25) is 0 Å². The normalized spacial score (nSPS) is 36.3. The highest BCUT2D eigenvalue weighted by Gasteiger charge is 2.36. The Morgan fingerprint density at radius 2 is 1.30 bits per heavy atom. The van der Waals surface area contributed by atoms with Crippen LogP contribution in [0.5, 0.6) is 0 Å². The Labute approximate surface area is 134 Å². The summed E-state index contributed by atoms with van der Waals surface area (Å²) in [6.45, 7) is 3.32. The van der Waals surface area contributed by atoms with E-state index in [0.29, 0.717) is 6.42 Å². The van der Waals surface area contributed by atoms with Crippen molar-refractivity contribution in [3.8, 4) is 0 Å². The number of hydrogen-bond acceptors (Lipinski definition) is 4. The summed E-state index contributed by atoms with van der Waals surface area (Å²) in [6.07, 6.45) is 10.6. The number of carboxylic acids is 2. The summed E-state index contributed by atoms with van der Waals surface area (Å²) in [7, 11) is 0. The fourth-order valence-corrected chi connectivity index (χ4v) is 2.82. The zero-order valence-electron chi connectivity index (χ0n) is 13.2. The van der Waals surface area contributed by atoms with E-state index in [0.717, 1.165) is 11.1 Å². The Morgan fingerprint density at radius 1 is 0.957 bits per heavy atom. The lowest BCUT2D eigenvalue weighted by Gasteiger charge is -2.31. The van der Waals surface area contributed by atoms with Crippen molar-refractivity contribution in [2.45, 2.75) is 31.3 Å². The number of carboxylic acid groups (broad SMARTS) is 2. The van der Waals surface area contributed by atoms with Crippen molar-refractivity contribution in [3.05, 3.63) is 47.6 Å². The highest BCUT2D eigenvalue weighted by atomic mass is 16.4. The van der Waals surface area contributed by atoms with E-state index in [1.165, 1.54) is 0 Å². The van der Waals surface area contributed by atoms with Crippen molar-refractivity contribution in [1.29, 1.82) is 0 Å². The van der Waals surface area contributed by atoms with Gasteiger partial charge < -0.3 is 21.7 Å². The second kappa shape index (κ2) is 5.79. The monoisotopic (exact) mass is 318 g/mol. The summed E-state index contributed by atoms with van der Waals surface area (Å²) in [5.41, 5.74) is 11.7. The molecule has 124 valence electrons. The summed E-state index contributed by atoms with van der Waals surface area (Å²) >= 11 is 0. The summed E-state index contributed by atoms with van der Waals surface area (Å²) in [5, 5.41) is 18.6. The maximum Gasteiger partial charge on any atom is 0.312 e. The van der Waals surface area contributed by atoms with Gasteiger partial charge in [-0.3, -0.25) is 9.59 Å². The van der Waals surface area contributed by atoms with Crippen molar-refractivity contribution >= 4 is 11.9 Å². The SMILES string of the molecule is CC1(N)C=CC(CC2=CC(C(=O)O)C(C)(N)C=C2)=CC1C(=O)O. The lowest BCUT2D eigenvalue weighted by atomic mass is 9.77. The molecule has 0 aliphatic heterocycles. The molecule has 4 atom stereocenters. The number of carbonyl (C=O) groups is 2. The smallest absolute Gasteiger partial charge is 0.312 e. The molecular formula is C17H22N2O4. The summed E-state index contributed by atoms with van der Waals surface area (Å²) < 4.78 is 0. The van der Waals surface area contributed by atoms with E-state index in [2.05, 4.69) is 0 Å². The molecule has 0 aromatic rings. The van der Waals surface area contributed by atoms with E-state index in [9.17, 15) is 19.8 Å². The fourth-order valence-electron chi connectivity index (χ4n) is 2.82. The van der Waals surface area contributed by atoms with Crippen molar-refractivity contribution in [3.63, 3.8) is 0 Å². The van der Waals surface area contributed by atoms with Gasteiger partial charge in [-0.2, -0.15) is 0 Å². The van der Waals surface area contributed by atoms with Gasteiger partial charge in [-0.25, -0.2) is 0 Å². The minimum atomic E-state index is -0.983. The average molecular weight is 318 g/mol. The molecule has 0 heterocycles. The van der Waals surface area contributed by atoms with Crippen LogP contribution in [0.1, 0.15) is 20.3 Å². The predicted molar refractivity (Wildman–Crippen MR) is 86.5 cm³/mol. The minimum Gasteiger partial charge on any atom is -0.481 e. The lowest BCUT2D eigenvalue weighted by Crippen LogP contribution is -2.47. The van der Waals surface area contributed by atoms with Gasteiger partial charge in [-0.05, 0) is 31.4 Å². The number of rotatable bonds is 4. The molecule has 2 rings (SSSR count). The standard InChI is InChI=1S/C17H22N2O4/c1-16(18)5-3-10(8-12(16)14(20)21)7-11-4-6-17(2,19)13(9-11)15(22)23/h3-6,8-9,12-13H,7,18-19H2,1-2H3,(H,20,21)(H,22,23). The van der Waals surface area contributed by atoms with Gasteiger partial charge in [0.1, 0.15) is 0 Å². The number of allylic oxidation sites excluding steroid dienone is 4. The van der Waals surface area contributed by atoms with E-state index in [1.807, 2.05) is 0 Å². The van der Waals surface area contributed by atoms with Crippen LogP contribution in [-0.4, -0.2) is 33.2 Å². The molecule has 0 saturated heterocycles. The first-order valence-electron chi connectivity index (χ1n) is 7.36. The van der Waals surface area contributed by atoms with E-state index in [4.69, 9.17) is 11.5 Å². The first-order chi connectivity index (χ1) is 10.5. The van der Waals surface area contributed by atoms with Crippen LogP contribution >= 0.6 is 0 Å². The third kappa shape index (κ3) is 3.60.